The molecule has 0 spiro atoms. The lowest BCUT2D eigenvalue weighted by atomic mass is 9.99. The van der Waals surface area contributed by atoms with Gasteiger partial charge < -0.3 is 15.4 Å². The van der Waals surface area contributed by atoms with Crippen LogP contribution >= 0.6 is 0 Å². The van der Waals surface area contributed by atoms with E-state index >= 15 is 0 Å². The highest BCUT2D eigenvalue weighted by Gasteiger charge is 2.24. The lowest BCUT2D eigenvalue weighted by Gasteiger charge is -2.37. The molecular formula is C13H21FN2O. The van der Waals surface area contributed by atoms with Crippen LogP contribution in [0, 0.1) is 5.82 Å². The minimum Gasteiger partial charge on any atom is -0.495 e. The summed E-state index contributed by atoms with van der Waals surface area (Å²) in [4.78, 5) is 1.91. The first-order valence-corrected chi connectivity index (χ1v) is 5.70. The van der Waals surface area contributed by atoms with Crippen LogP contribution in [0.1, 0.15) is 27.2 Å². The second-order valence-electron chi connectivity index (χ2n) is 4.77. The molecule has 0 aromatic heterocycles. The summed E-state index contributed by atoms with van der Waals surface area (Å²) in [6.07, 6.45) is 0.912. The van der Waals surface area contributed by atoms with E-state index in [0.717, 1.165) is 6.42 Å². The van der Waals surface area contributed by atoms with E-state index in [1.807, 2.05) is 11.9 Å². The van der Waals surface area contributed by atoms with Crippen molar-refractivity contribution in [1.29, 1.82) is 0 Å². The van der Waals surface area contributed by atoms with Crippen molar-refractivity contribution >= 4 is 11.4 Å². The van der Waals surface area contributed by atoms with E-state index < -0.39 is 0 Å². The van der Waals surface area contributed by atoms with Crippen LogP contribution in [0.2, 0.25) is 0 Å². The average Bonchev–Trinajstić information content (AvgIpc) is 2.28. The molecule has 0 saturated carbocycles. The number of rotatable bonds is 4. The molecule has 0 unspecified atom stereocenters. The zero-order valence-corrected chi connectivity index (χ0v) is 11.2. The minimum atomic E-state index is -0.327. The van der Waals surface area contributed by atoms with Crippen molar-refractivity contribution in [3.8, 4) is 5.75 Å². The van der Waals surface area contributed by atoms with Gasteiger partial charge in [0.05, 0.1) is 18.5 Å². The molecule has 0 bridgehead atoms. The molecule has 0 fully saturated rings. The Bertz CT molecular complexity index is 405. The van der Waals surface area contributed by atoms with Crippen molar-refractivity contribution < 1.29 is 9.13 Å². The summed E-state index contributed by atoms with van der Waals surface area (Å²) in [6.45, 7) is 6.20. The van der Waals surface area contributed by atoms with Crippen molar-refractivity contribution in [2.75, 3.05) is 24.8 Å². The van der Waals surface area contributed by atoms with Crippen LogP contribution in [0.4, 0.5) is 15.8 Å². The number of hydrogen-bond acceptors (Lipinski definition) is 3. The predicted molar refractivity (Wildman–Crippen MR) is 70.1 cm³/mol. The minimum absolute atomic E-state index is 0.123. The molecule has 4 heteroatoms. The Kier molecular flexibility index (Phi) is 3.86. The molecule has 3 nitrogen and oxygen atoms in total. The molecule has 1 aromatic rings. The van der Waals surface area contributed by atoms with Crippen LogP contribution in [0.3, 0.4) is 0 Å². The van der Waals surface area contributed by atoms with Gasteiger partial charge in [0.15, 0.2) is 0 Å². The zero-order valence-electron chi connectivity index (χ0n) is 11.2. The standard InChI is InChI=1S/C13H21FN2O/c1-6-13(2,3)16(4)11-8-12(17-5)10(15)7-9(11)14/h7-8H,6,15H2,1-5H3. The van der Waals surface area contributed by atoms with Crippen LogP contribution in [-0.4, -0.2) is 19.7 Å². The third-order valence-electron chi connectivity index (χ3n) is 3.43. The molecule has 0 aliphatic carbocycles. The van der Waals surface area contributed by atoms with E-state index in [0.29, 0.717) is 17.1 Å². The number of halogens is 1. The van der Waals surface area contributed by atoms with Crippen molar-refractivity contribution in [2.24, 2.45) is 0 Å². The Morgan fingerprint density at radius 3 is 2.47 bits per heavy atom. The molecule has 0 aliphatic rings. The van der Waals surface area contributed by atoms with Crippen molar-refractivity contribution in [2.45, 2.75) is 32.7 Å². The fourth-order valence-electron chi connectivity index (χ4n) is 1.56. The SMILES string of the molecule is CCC(C)(C)N(C)c1cc(OC)c(N)cc1F. The molecule has 0 aliphatic heterocycles. The number of nitrogen functional groups attached to an aromatic ring is 1. The van der Waals surface area contributed by atoms with Crippen LogP contribution in [-0.2, 0) is 0 Å². The van der Waals surface area contributed by atoms with Crippen LogP contribution in [0.5, 0.6) is 5.75 Å². The summed E-state index contributed by atoms with van der Waals surface area (Å²) < 4.78 is 19.0. The van der Waals surface area contributed by atoms with Crippen molar-refractivity contribution in [1.82, 2.24) is 0 Å². The molecule has 1 rings (SSSR count). The Hall–Kier alpha value is -1.45. The zero-order chi connectivity index (χ0) is 13.2. The Morgan fingerprint density at radius 1 is 1.41 bits per heavy atom. The van der Waals surface area contributed by atoms with Gasteiger partial charge in [-0.2, -0.15) is 0 Å². The van der Waals surface area contributed by atoms with Gasteiger partial charge in [-0.05, 0) is 20.3 Å². The molecule has 2 N–H and O–H groups in total. The topological polar surface area (TPSA) is 38.5 Å². The quantitative estimate of drug-likeness (QED) is 0.822. The maximum absolute atomic E-state index is 13.9. The number of benzene rings is 1. The van der Waals surface area contributed by atoms with E-state index in [4.69, 9.17) is 10.5 Å². The van der Waals surface area contributed by atoms with Gasteiger partial charge in [0.25, 0.3) is 0 Å². The second kappa shape index (κ2) is 4.82. The lowest BCUT2D eigenvalue weighted by molar-refractivity contribution is 0.414. The van der Waals surface area contributed by atoms with E-state index in [1.54, 1.807) is 6.07 Å². The molecule has 1 aromatic carbocycles. The Balaban J connectivity index is 3.22. The van der Waals surface area contributed by atoms with Crippen molar-refractivity contribution in [3.63, 3.8) is 0 Å². The highest BCUT2D eigenvalue weighted by molar-refractivity contribution is 5.63. The molecular weight excluding hydrogens is 219 g/mol. The first-order valence-electron chi connectivity index (χ1n) is 5.70. The van der Waals surface area contributed by atoms with Gasteiger partial charge in [0.1, 0.15) is 11.6 Å². The van der Waals surface area contributed by atoms with Gasteiger partial charge in [-0.15, -0.1) is 0 Å². The normalized spacial score (nSPS) is 11.4. The smallest absolute Gasteiger partial charge is 0.148 e. The maximum atomic E-state index is 13.9. The van der Waals surface area contributed by atoms with E-state index in [9.17, 15) is 4.39 Å². The summed E-state index contributed by atoms with van der Waals surface area (Å²) >= 11 is 0. The first-order chi connectivity index (χ1) is 7.83. The Labute approximate surface area is 102 Å². The fourth-order valence-corrected chi connectivity index (χ4v) is 1.56. The number of nitrogens with two attached hydrogens (primary N) is 1. The summed E-state index contributed by atoms with van der Waals surface area (Å²) in [7, 11) is 3.40. The second-order valence-corrected chi connectivity index (χ2v) is 4.77. The molecule has 0 saturated heterocycles. The maximum Gasteiger partial charge on any atom is 0.148 e. The summed E-state index contributed by atoms with van der Waals surface area (Å²) in [5.74, 6) is 0.174. The monoisotopic (exact) mass is 240 g/mol. The average molecular weight is 240 g/mol. The van der Waals surface area contributed by atoms with Gasteiger partial charge >= 0.3 is 0 Å². The van der Waals surface area contributed by atoms with Gasteiger partial charge in [-0.1, -0.05) is 6.92 Å². The van der Waals surface area contributed by atoms with Crippen LogP contribution < -0.4 is 15.4 Å². The highest BCUT2D eigenvalue weighted by Crippen LogP contribution is 2.33. The third kappa shape index (κ3) is 2.62. The number of hydrogen-bond donors (Lipinski definition) is 1. The molecule has 0 amide bonds. The number of methoxy groups -OCH3 is 1. The van der Waals surface area contributed by atoms with Gasteiger partial charge in [0.2, 0.25) is 0 Å². The largest absolute Gasteiger partial charge is 0.495 e. The molecule has 17 heavy (non-hydrogen) atoms. The Morgan fingerprint density at radius 2 is 2.00 bits per heavy atom. The number of nitrogens with zero attached hydrogens (tertiary/aromatic N) is 1. The van der Waals surface area contributed by atoms with Gasteiger partial charge in [-0.25, -0.2) is 4.39 Å². The number of anilines is 2. The predicted octanol–water partition coefficient (Wildman–Crippen LogP) is 3.04. The highest BCUT2D eigenvalue weighted by atomic mass is 19.1. The number of ether oxygens (including phenoxy) is 1. The molecule has 0 radical (unpaired) electrons. The van der Waals surface area contributed by atoms with Gasteiger partial charge in [0, 0.05) is 24.7 Å². The van der Waals surface area contributed by atoms with Gasteiger partial charge in [-0.3, -0.25) is 0 Å². The molecule has 0 atom stereocenters. The summed E-state index contributed by atoms with van der Waals surface area (Å²) in [5.41, 5.74) is 6.35. The third-order valence-corrected chi connectivity index (χ3v) is 3.43. The van der Waals surface area contributed by atoms with Crippen LogP contribution in [0.25, 0.3) is 0 Å². The lowest BCUT2D eigenvalue weighted by Crippen LogP contribution is -2.41. The molecule has 96 valence electrons. The van der Waals surface area contributed by atoms with E-state index in [1.165, 1.54) is 13.2 Å². The van der Waals surface area contributed by atoms with E-state index in [-0.39, 0.29) is 11.4 Å². The molecule has 0 heterocycles. The van der Waals surface area contributed by atoms with Crippen molar-refractivity contribution in [3.05, 3.63) is 17.9 Å². The first kappa shape index (κ1) is 13.6. The van der Waals surface area contributed by atoms with Crippen LogP contribution in [0.15, 0.2) is 12.1 Å². The summed E-state index contributed by atoms with van der Waals surface area (Å²) in [5, 5.41) is 0. The fraction of sp³-hybridized carbons (Fsp3) is 0.538. The van der Waals surface area contributed by atoms with E-state index in [2.05, 4.69) is 20.8 Å². The summed E-state index contributed by atoms with van der Waals surface area (Å²) in [6, 6.07) is 2.94.